The third-order valence-electron chi connectivity index (χ3n) is 3.52. The molecule has 3 nitrogen and oxygen atoms in total. The average molecular weight is 254 g/mol. The maximum absolute atomic E-state index is 10.1. The molecule has 0 unspecified atom stereocenters. The van der Waals surface area contributed by atoms with Crippen molar-refractivity contribution in [2.45, 2.75) is 57.7 Å². The van der Waals surface area contributed by atoms with Gasteiger partial charge in [-0.1, -0.05) is 19.8 Å². The SMILES string of the molecule is CCCN(Cc1cscn1)[C@@H]1CCCC[C@H]1O. The number of thiazole rings is 1. The molecule has 2 rings (SSSR count). The highest BCUT2D eigenvalue weighted by atomic mass is 32.1. The van der Waals surface area contributed by atoms with Crippen molar-refractivity contribution in [1.82, 2.24) is 9.88 Å². The first-order valence-electron chi connectivity index (χ1n) is 6.60. The van der Waals surface area contributed by atoms with E-state index < -0.39 is 0 Å². The van der Waals surface area contributed by atoms with Crippen LogP contribution in [0, 0.1) is 0 Å². The van der Waals surface area contributed by atoms with Crippen LogP contribution in [-0.2, 0) is 6.54 Å². The lowest BCUT2D eigenvalue weighted by Crippen LogP contribution is -2.45. The summed E-state index contributed by atoms with van der Waals surface area (Å²) in [5.74, 6) is 0. The van der Waals surface area contributed by atoms with Gasteiger partial charge in [0.05, 0.1) is 17.3 Å². The summed E-state index contributed by atoms with van der Waals surface area (Å²) in [7, 11) is 0. The molecule has 1 heterocycles. The minimum absolute atomic E-state index is 0.145. The number of aliphatic hydroxyl groups is 1. The van der Waals surface area contributed by atoms with Gasteiger partial charge < -0.3 is 5.11 Å². The number of rotatable bonds is 5. The Kier molecular flexibility index (Phi) is 4.95. The van der Waals surface area contributed by atoms with Gasteiger partial charge in [0, 0.05) is 18.0 Å². The number of hydrogen-bond donors (Lipinski definition) is 1. The largest absolute Gasteiger partial charge is 0.391 e. The van der Waals surface area contributed by atoms with Crippen molar-refractivity contribution in [2.75, 3.05) is 6.54 Å². The Balaban J connectivity index is 1.99. The number of nitrogens with zero attached hydrogens (tertiary/aromatic N) is 2. The average Bonchev–Trinajstić information content (AvgIpc) is 2.82. The minimum Gasteiger partial charge on any atom is -0.391 e. The van der Waals surface area contributed by atoms with Gasteiger partial charge in [-0.05, 0) is 25.8 Å². The zero-order valence-corrected chi connectivity index (χ0v) is 11.3. The monoisotopic (exact) mass is 254 g/mol. The molecular weight excluding hydrogens is 232 g/mol. The van der Waals surface area contributed by atoms with Crippen LogP contribution < -0.4 is 0 Å². The first kappa shape index (κ1) is 13.0. The van der Waals surface area contributed by atoms with E-state index in [9.17, 15) is 5.11 Å². The van der Waals surface area contributed by atoms with Gasteiger partial charge in [0.15, 0.2) is 0 Å². The lowest BCUT2D eigenvalue weighted by Gasteiger charge is -2.37. The summed E-state index contributed by atoms with van der Waals surface area (Å²) in [6.45, 7) is 4.14. The summed E-state index contributed by atoms with van der Waals surface area (Å²) in [5, 5.41) is 12.2. The van der Waals surface area contributed by atoms with Gasteiger partial charge in [-0.3, -0.25) is 4.90 Å². The van der Waals surface area contributed by atoms with Gasteiger partial charge in [-0.2, -0.15) is 0 Å². The topological polar surface area (TPSA) is 36.4 Å². The Morgan fingerprint density at radius 1 is 1.47 bits per heavy atom. The molecule has 0 aromatic carbocycles. The molecule has 17 heavy (non-hydrogen) atoms. The molecule has 0 saturated heterocycles. The van der Waals surface area contributed by atoms with Gasteiger partial charge in [0.25, 0.3) is 0 Å². The number of aliphatic hydroxyl groups excluding tert-OH is 1. The van der Waals surface area contributed by atoms with Gasteiger partial charge >= 0.3 is 0 Å². The van der Waals surface area contributed by atoms with Crippen molar-refractivity contribution in [3.05, 3.63) is 16.6 Å². The molecule has 4 heteroatoms. The van der Waals surface area contributed by atoms with E-state index in [0.717, 1.165) is 38.0 Å². The quantitative estimate of drug-likeness (QED) is 0.877. The molecule has 2 atom stereocenters. The summed E-state index contributed by atoms with van der Waals surface area (Å²) in [6.07, 6.45) is 5.50. The Morgan fingerprint density at radius 3 is 2.94 bits per heavy atom. The molecule has 1 aromatic rings. The van der Waals surface area contributed by atoms with E-state index in [1.165, 1.54) is 12.8 Å². The minimum atomic E-state index is -0.145. The van der Waals surface area contributed by atoms with Gasteiger partial charge in [-0.25, -0.2) is 4.98 Å². The Labute approximate surface area is 107 Å². The van der Waals surface area contributed by atoms with E-state index in [1.54, 1.807) is 11.3 Å². The molecule has 1 saturated carbocycles. The molecule has 1 aromatic heterocycles. The third-order valence-corrected chi connectivity index (χ3v) is 4.16. The summed E-state index contributed by atoms with van der Waals surface area (Å²) in [6, 6.07) is 0.338. The van der Waals surface area contributed by atoms with E-state index in [0.29, 0.717) is 6.04 Å². The standard InChI is InChI=1S/C13H22N2OS/c1-2-7-15(8-11-9-17-10-14-11)12-5-3-4-6-13(12)16/h9-10,12-13,16H,2-8H2,1H3/t12-,13-/m1/s1. The van der Waals surface area contributed by atoms with E-state index in [4.69, 9.17) is 0 Å². The van der Waals surface area contributed by atoms with Crippen LogP contribution >= 0.6 is 11.3 Å². The molecule has 0 radical (unpaired) electrons. The van der Waals surface area contributed by atoms with E-state index in [-0.39, 0.29) is 6.10 Å². The lowest BCUT2D eigenvalue weighted by molar-refractivity contribution is 0.0152. The van der Waals surface area contributed by atoms with Crippen LogP contribution in [0.5, 0.6) is 0 Å². The fourth-order valence-electron chi connectivity index (χ4n) is 2.69. The maximum atomic E-state index is 10.1. The molecule has 0 aliphatic heterocycles. The Bertz CT molecular complexity index is 315. The van der Waals surface area contributed by atoms with Crippen molar-refractivity contribution in [2.24, 2.45) is 0 Å². The molecule has 0 bridgehead atoms. The predicted octanol–water partition coefficient (Wildman–Crippen LogP) is 2.66. The van der Waals surface area contributed by atoms with Crippen molar-refractivity contribution in [3.8, 4) is 0 Å². The van der Waals surface area contributed by atoms with Crippen LogP contribution in [-0.4, -0.2) is 33.7 Å². The molecule has 1 fully saturated rings. The second-order valence-corrected chi connectivity index (χ2v) is 5.59. The van der Waals surface area contributed by atoms with Crippen LogP contribution in [0.2, 0.25) is 0 Å². The fourth-order valence-corrected chi connectivity index (χ4v) is 3.24. The van der Waals surface area contributed by atoms with Gasteiger partial charge in [0.2, 0.25) is 0 Å². The zero-order valence-electron chi connectivity index (χ0n) is 10.5. The van der Waals surface area contributed by atoms with Crippen LogP contribution in [0.15, 0.2) is 10.9 Å². The number of aromatic nitrogens is 1. The highest BCUT2D eigenvalue weighted by Gasteiger charge is 2.28. The molecule has 96 valence electrons. The third kappa shape index (κ3) is 3.50. The van der Waals surface area contributed by atoms with Crippen LogP contribution in [0.3, 0.4) is 0 Å². The molecule has 0 amide bonds. The summed E-state index contributed by atoms with van der Waals surface area (Å²) < 4.78 is 0. The first-order valence-corrected chi connectivity index (χ1v) is 7.54. The van der Waals surface area contributed by atoms with Crippen molar-refractivity contribution >= 4 is 11.3 Å². The van der Waals surface area contributed by atoms with Crippen LogP contribution in [0.25, 0.3) is 0 Å². The fraction of sp³-hybridized carbons (Fsp3) is 0.769. The molecular formula is C13H22N2OS. The molecule has 0 spiro atoms. The second kappa shape index (κ2) is 6.47. The Hall–Kier alpha value is -0.450. The highest BCUT2D eigenvalue weighted by molar-refractivity contribution is 7.07. The summed E-state index contributed by atoms with van der Waals surface area (Å²) in [5.41, 5.74) is 3.03. The van der Waals surface area contributed by atoms with Crippen molar-refractivity contribution < 1.29 is 5.11 Å². The smallest absolute Gasteiger partial charge is 0.0795 e. The van der Waals surface area contributed by atoms with E-state index in [1.807, 2.05) is 5.51 Å². The normalized spacial score (nSPS) is 25.4. The summed E-state index contributed by atoms with van der Waals surface area (Å²) >= 11 is 1.65. The van der Waals surface area contributed by atoms with Crippen molar-refractivity contribution in [3.63, 3.8) is 0 Å². The zero-order chi connectivity index (χ0) is 12.1. The molecule has 1 N–H and O–H groups in total. The van der Waals surface area contributed by atoms with Gasteiger partial charge in [-0.15, -0.1) is 11.3 Å². The lowest BCUT2D eigenvalue weighted by atomic mass is 9.91. The van der Waals surface area contributed by atoms with Crippen molar-refractivity contribution in [1.29, 1.82) is 0 Å². The Morgan fingerprint density at radius 2 is 2.29 bits per heavy atom. The molecule has 1 aliphatic carbocycles. The van der Waals surface area contributed by atoms with E-state index >= 15 is 0 Å². The van der Waals surface area contributed by atoms with Crippen LogP contribution in [0.1, 0.15) is 44.7 Å². The number of hydrogen-bond acceptors (Lipinski definition) is 4. The maximum Gasteiger partial charge on any atom is 0.0795 e. The van der Waals surface area contributed by atoms with Gasteiger partial charge in [0.1, 0.15) is 0 Å². The summed E-state index contributed by atoms with van der Waals surface area (Å²) in [4.78, 5) is 6.77. The second-order valence-electron chi connectivity index (χ2n) is 4.87. The van der Waals surface area contributed by atoms with Crippen LogP contribution in [0.4, 0.5) is 0 Å². The first-order chi connectivity index (χ1) is 8.31. The molecule has 1 aliphatic rings. The van der Waals surface area contributed by atoms with E-state index in [2.05, 4.69) is 22.2 Å². The predicted molar refractivity (Wildman–Crippen MR) is 71.1 cm³/mol. The highest BCUT2D eigenvalue weighted by Crippen LogP contribution is 2.24.